The van der Waals surface area contributed by atoms with Crippen LogP contribution in [0.25, 0.3) is 27.5 Å². The van der Waals surface area contributed by atoms with Gasteiger partial charge in [-0.3, -0.25) is 9.59 Å². The van der Waals surface area contributed by atoms with E-state index < -0.39 is 0 Å². The Morgan fingerprint density at radius 1 is 1.14 bits per heavy atom. The van der Waals surface area contributed by atoms with Crippen molar-refractivity contribution >= 4 is 51.5 Å². The molecule has 2 amide bonds. The Morgan fingerprint density at radius 3 is 2.60 bits per heavy atom. The number of amides is 2. The number of halogens is 2. The summed E-state index contributed by atoms with van der Waals surface area (Å²) in [6.07, 6.45) is 3.11. The number of carbonyl (C=O) groups is 2. The molecule has 5 rings (SSSR count). The quantitative estimate of drug-likeness (QED) is 0.372. The average molecular weight is 527 g/mol. The number of fused-ring (bicyclic) bond motifs is 3. The molecule has 4 aromatic rings. The monoisotopic (exact) mass is 526 g/mol. The first-order valence-corrected chi connectivity index (χ1v) is 12.3. The van der Waals surface area contributed by atoms with Gasteiger partial charge in [-0.15, -0.1) is 0 Å². The largest absolute Gasteiger partial charge is 0.345 e. The maximum atomic E-state index is 12.4. The molecule has 1 aromatic carbocycles. The van der Waals surface area contributed by atoms with Gasteiger partial charge >= 0.3 is 0 Å². The number of anilines is 1. The van der Waals surface area contributed by atoms with Crippen LogP contribution in [0.15, 0.2) is 36.5 Å². The van der Waals surface area contributed by atoms with Gasteiger partial charge in [0.2, 0.25) is 5.91 Å². The third-order valence-electron chi connectivity index (χ3n) is 5.62. The number of hydrogen-bond donors (Lipinski definition) is 1. The number of thiazole rings is 1. The molecule has 3 heterocycles. The summed E-state index contributed by atoms with van der Waals surface area (Å²) in [6.45, 7) is 1.46. The highest BCUT2D eigenvalue weighted by Crippen LogP contribution is 2.44. The first-order valence-electron chi connectivity index (χ1n) is 10.8. The number of benzene rings is 1. The van der Waals surface area contributed by atoms with Crippen molar-refractivity contribution < 1.29 is 9.59 Å². The number of nitrogens with zero attached hydrogens (tertiary/aromatic N) is 5. The molecule has 3 aromatic heterocycles. The van der Waals surface area contributed by atoms with Crippen molar-refractivity contribution in [1.82, 2.24) is 24.6 Å². The molecule has 1 aliphatic carbocycles. The summed E-state index contributed by atoms with van der Waals surface area (Å²) >= 11 is 14.1. The van der Waals surface area contributed by atoms with Gasteiger partial charge in [0.15, 0.2) is 5.13 Å². The third-order valence-corrected chi connectivity index (χ3v) is 7.17. The summed E-state index contributed by atoms with van der Waals surface area (Å²) < 4.78 is 1.79. The average Bonchev–Trinajstić information content (AvgIpc) is 3.39. The van der Waals surface area contributed by atoms with Gasteiger partial charge in [-0.1, -0.05) is 34.5 Å². The van der Waals surface area contributed by atoms with Crippen LogP contribution < -0.4 is 5.32 Å². The van der Waals surface area contributed by atoms with Crippen LogP contribution in [0.3, 0.4) is 0 Å². The summed E-state index contributed by atoms with van der Waals surface area (Å²) in [5.41, 5.74) is 5.50. The first kappa shape index (κ1) is 23.5. The number of nitrogens with one attached hydrogen (secondary N) is 1. The fourth-order valence-corrected chi connectivity index (χ4v) is 5.55. The Hall–Kier alpha value is -3.27. The molecule has 0 bridgehead atoms. The molecule has 35 heavy (non-hydrogen) atoms. The minimum absolute atomic E-state index is 0.140. The van der Waals surface area contributed by atoms with Gasteiger partial charge in [0.1, 0.15) is 5.15 Å². The molecule has 0 aliphatic heterocycles. The molecule has 11 heteroatoms. The van der Waals surface area contributed by atoms with Gasteiger partial charge in [-0.05, 0) is 43.2 Å². The zero-order chi connectivity index (χ0) is 24.9. The molecule has 0 unspecified atom stereocenters. The van der Waals surface area contributed by atoms with Crippen LogP contribution >= 0.6 is 34.5 Å². The van der Waals surface area contributed by atoms with E-state index in [9.17, 15) is 9.59 Å². The van der Waals surface area contributed by atoms with Crippen LogP contribution in [0, 0.1) is 0 Å². The second-order valence-corrected chi connectivity index (χ2v) is 10.1. The molecule has 1 N–H and O–H groups in total. The summed E-state index contributed by atoms with van der Waals surface area (Å²) in [6, 6.07) is 8.79. The second kappa shape index (κ2) is 9.07. The van der Waals surface area contributed by atoms with E-state index >= 15 is 0 Å². The zero-order valence-corrected chi connectivity index (χ0v) is 21.4. The molecule has 8 nitrogen and oxygen atoms in total. The SMILES string of the molecule is CC(=O)Nc1nc2c(s1)-c1c(c(-c3ccc(Cl)nc3)nn1-c1ccc(C(=O)N(C)C)cc1Cl)CC2. The number of rotatable bonds is 4. The molecular formula is C24H20Cl2N6O2S. The van der Waals surface area contributed by atoms with E-state index in [0.29, 0.717) is 39.4 Å². The highest BCUT2D eigenvalue weighted by molar-refractivity contribution is 7.19. The topological polar surface area (TPSA) is 93.0 Å². The number of hydrogen-bond acceptors (Lipinski definition) is 6. The van der Waals surface area contributed by atoms with Crippen molar-refractivity contribution in [3.63, 3.8) is 0 Å². The molecule has 0 saturated carbocycles. The molecule has 1 aliphatic rings. The van der Waals surface area contributed by atoms with E-state index in [-0.39, 0.29) is 11.8 Å². The smallest absolute Gasteiger partial charge is 0.253 e. The van der Waals surface area contributed by atoms with Gasteiger partial charge in [-0.2, -0.15) is 5.10 Å². The van der Waals surface area contributed by atoms with Crippen molar-refractivity contribution in [2.24, 2.45) is 0 Å². The van der Waals surface area contributed by atoms with E-state index in [2.05, 4.69) is 15.3 Å². The number of pyridine rings is 1. The summed E-state index contributed by atoms with van der Waals surface area (Å²) in [7, 11) is 3.39. The lowest BCUT2D eigenvalue weighted by Gasteiger charge is -2.16. The summed E-state index contributed by atoms with van der Waals surface area (Å²) in [4.78, 5) is 35.3. The normalized spacial score (nSPS) is 12.1. The number of carbonyl (C=O) groups excluding carboxylic acids is 2. The van der Waals surface area contributed by atoms with Crippen molar-refractivity contribution in [3.05, 3.63) is 63.5 Å². The van der Waals surface area contributed by atoms with Crippen molar-refractivity contribution in [1.29, 1.82) is 0 Å². The van der Waals surface area contributed by atoms with Crippen LogP contribution in [0.5, 0.6) is 0 Å². The Kier molecular flexibility index (Phi) is 6.08. The van der Waals surface area contributed by atoms with E-state index in [0.717, 1.165) is 33.1 Å². The van der Waals surface area contributed by atoms with Crippen molar-refractivity contribution in [2.75, 3.05) is 19.4 Å². The molecular weight excluding hydrogens is 507 g/mol. The molecule has 0 saturated heterocycles. The molecule has 0 radical (unpaired) electrons. The van der Waals surface area contributed by atoms with E-state index in [4.69, 9.17) is 28.3 Å². The lowest BCUT2D eigenvalue weighted by atomic mass is 9.95. The van der Waals surface area contributed by atoms with Crippen LogP contribution in [0.1, 0.15) is 28.5 Å². The highest BCUT2D eigenvalue weighted by atomic mass is 35.5. The van der Waals surface area contributed by atoms with E-state index in [1.165, 1.54) is 23.2 Å². The fraction of sp³-hybridized carbons (Fsp3) is 0.208. The summed E-state index contributed by atoms with van der Waals surface area (Å²) in [5.74, 6) is -0.319. The fourth-order valence-electron chi connectivity index (χ4n) is 4.07. The Morgan fingerprint density at radius 2 is 1.94 bits per heavy atom. The molecule has 0 fully saturated rings. The van der Waals surface area contributed by atoms with E-state index in [1.54, 1.807) is 49.2 Å². The van der Waals surface area contributed by atoms with Gasteiger partial charge < -0.3 is 10.2 Å². The predicted octanol–water partition coefficient (Wildman–Crippen LogP) is 5.12. The summed E-state index contributed by atoms with van der Waals surface area (Å²) in [5, 5.41) is 9.06. The minimum Gasteiger partial charge on any atom is -0.345 e. The van der Waals surface area contributed by atoms with Gasteiger partial charge in [0.05, 0.1) is 32.7 Å². The Bertz CT molecular complexity index is 1480. The zero-order valence-electron chi connectivity index (χ0n) is 19.1. The Balaban J connectivity index is 1.71. The van der Waals surface area contributed by atoms with Crippen LogP contribution in [-0.2, 0) is 17.6 Å². The lowest BCUT2D eigenvalue weighted by Crippen LogP contribution is -2.21. The first-order chi connectivity index (χ1) is 16.7. The lowest BCUT2D eigenvalue weighted by molar-refractivity contribution is -0.114. The maximum Gasteiger partial charge on any atom is 0.253 e. The van der Waals surface area contributed by atoms with Crippen LogP contribution in [-0.4, -0.2) is 50.6 Å². The van der Waals surface area contributed by atoms with Gasteiger partial charge in [0.25, 0.3) is 5.91 Å². The second-order valence-electron chi connectivity index (χ2n) is 8.30. The number of aromatic nitrogens is 4. The maximum absolute atomic E-state index is 12.4. The van der Waals surface area contributed by atoms with E-state index in [1.807, 2.05) is 6.07 Å². The molecule has 178 valence electrons. The Labute approximate surface area is 215 Å². The third kappa shape index (κ3) is 4.31. The number of aryl methyl sites for hydroxylation is 1. The molecule has 0 atom stereocenters. The van der Waals surface area contributed by atoms with Crippen LogP contribution in [0.2, 0.25) is 10.2 Å². The standard InChI is InChI=1S/C24H20Cl2N6O2S/c1-12(33)28-24-29-17-7-6-15-20(14-5-9-19(26)27-11-14)30-32(21(15)22(17)35-24)18-8-4-13(10-16(18)25)23(34)31(2)3/h4-5,8-11H,6-7H2,1-3H3,(H,28,29,33). The minimum atomic E-state index is -0.179. The van der Waals surface area contributed by atoms with Gasteiger partial charge in [-0.25, -0.2) is 14.6 Å². The van der Waals surface area contributed by atoms with Crippen LogP contribution in [0.4, 0.5) is 5.13 Å². The highest BCUT2D eigenvalue weighted by Gasteiger charge is 2.30. The van der Waals surface area contributed by atoms with Crippen molar-refractivity contribution in [2.45, 2.75) is 19.8 Å². The predicted molar refractivity (Wildman–Crippen MR) is 138 cm³/mol. The van der Waals surface area contributed by atoms with Gasteiger partial charge in [0, 0.05) is 43.9 Å². The molecule has 0 spiro atoms. The van der Waals surface area contributed by atoms with Crippen molar-refractivity contribution in [3.8, 4) is 27.5 Å².